The highest BCUT2D eigenvalue weighted by molar-refractivity contribution is 6.49. The normalized spacial score (nSPS) is 16.6. The van der Waals surface area contributed by atoms with Gasteiger partial charge in [-0.1, -0.05) is 72.8 Å². The largest absolute Gasteiger partial charge is 0.462 e. The zero-order valence-corrected chi connectivity index (χ0v) is 20.7. The molecule has 2 amide bonds. The van der Waals surface area contributed by atoms with Crippen molar-refractivity contribution >= 4 is 40.1 Å². The Balaban J connectivity index is 1.26. The minimum absolute atomic E-state index is 0.0270. The average Bonchev–Trinajstić information content (AvgIpc) is 3.66. The summed E-state index contributed by atoms with van der Waals surface area (Å²) in [4.78, 5) is 49.5. The summed E-state index contributed by atoms with van der Waals surface area (Å²) in [5.74, 6) is -2.51. The Kier molecular flexibility index (Phi) is 6.87. The van der Waals surface area contributed by atoms with Crippen LogP contribution >= 0.6 is 0 Å². The summed E-state index contributed by atoms with van der Waals surface area (Å²) in [5, 5.41) is 16.0. The van der Waals surface area contributed by atoms with Crippen LogP contribution in [-0.4, -0.2) is 42.4 Å². The molecule has 8 heteroatoms. The van der Waals surface area contributed by atoms with Gasteiger partial charge in [0.1, 0.15) is 0 Å². The molecule has 1 aliphatic heterocycles. The van der Waals surface area contributed by atoms with Crippen molar-refractivity contribution in [3.05, 3.63) is 95.1 Å². The lowest BCUT2D eigenvalue weighted by molar-refractivity contribution is -0.139. The molecule has 5 rings (SSSR count). The van der Waals surface area contributed by atoms with Gasteiger partial charge in [0.05, 0.1) is 12.3 Å². The van der Waals surface area contributed by atoms with Crippen molar-refractivity contribution in [2.75, 3.05) is 13.2 Å². The Morgan fingerprint density at radius 3 is 2.39 bits per heavy atom. The predicted octanol–water partition coefficient (Wildman–Crippen LogP) is 3.38. The third-order valence-corrected chi connectivity index (χ3v) is 7.15. The second-order valence-electron chi connectivity index (χ2n) is 9.48. The van der Waals surface area contributed by atoms with Crippen molar-refractivity contribution in [2.24, 2.45) is 0 Å². The number of hydrogen-bond donors (Lipinski definition) is 3. The molecule has 1 saturated carbocycles. The van der Waals surface area contributed by atoms with Crippen molar-refractivity contribution in [3.63, 3.8) is 0 Å². The van der Waals surface area contributed by atoms with E-state index in [0.29, 0.717) is 29.7 Å². The van der Waals surface area contributed by atoms with Gasteiger partial charge in [-0.15, -0.1) is 0 Å². The van der Waals surface area contributed by atoms with Gasteiger partial charge in [0.25, 0.3) is 0 Å². The highest BCUT2D eigenvalue weighted by atomic mass is 16.5. The number of amides is 2. The molecular formula is C30H27N3O5. The van der Waals surface area contributed by atoms with E-state index in [0.717, 1.165) is 29.2 Å². The van der Waals surface area contributed by atoms with Crippen LogP contribution in [0.4, 0.5) is 0 Å². The van der Waals surface area contributed by atoms with E-state index in [2.05, 4.69) is 10.6 Å². The maximum absolute atomic E-state index is 13.6. The molecule has 192 valence electrons. The van der Waals surface area contributed by atoms with Gasteiger partial charge in [-0.2, -0.15) is 0 Å². The monoisotopic (exact) mass is 509 g/mol. The third-order valence-electron chi connectivity index (χ3n) is 7.15. The van der Waals surface area contributed by atoms with Gasteiger partial charge in [-0.05, 0) is 34.7 Å². The summed E-state index contributed by atoms with van der Waals surface area (Å²) < 4.78 is 4.83. The van der Waals surface area contributed by atoms with E-state index in [1.54, 1.807) is 24.3 Å². The van der Waals surface area contributed by atoms with Crippen LogP contribution in [0.2, 0.25) is 0 Å². The van der Waals surface area contributed by atoms with Gasteiger partial charge in [0.2, 0.25) is 5.78 Å². The van der Waals surface area contributed by atoms with Crippen LogP contribution in [0.5, 0.6) is 0 Å². The second-order valence-corrected chi connectivity index (χ2v) is 9.48. The summed E-state index contributed by atoms with van der Waals surface area (Å²) in [5.41, 5.74) is 1.70. The minimum Gasteiger partial charge on any atom is -0.462 e. The number of carbonyl (C=O) groups excluding carboxylic acids is 4. The molecule has 2 fully saturated rings. The van der Waals surface area contributed by atoms with Crippen LogP contribution in [0.3, 0.4) is 0 Å². The molecule has 1 saturated heterocycles. The van der Waals surface area contributed by atoms with E-state index in [1.165, 1.54) is 6.08 Å². The fourth-order valence-electron chi connectivity index (χ4n) is 4.91. The maximum Gasteiger partial charge on any atom is 0.333 e. The van der Waals surface area contributed by atoms with Crippen LogP contribution in [0.25, 0.3) is 10.8 Å². The molecule has 38 heavy (non-hydrogen) atoms. The van der Waals surface area contributed by atoms with Crippen LogP contribution in [0, 0.1) is 5.41 Å². The highest BCUT2D eigenvalue weighted by Crippen LogP contribution is 2.51. The number of cyclic esters (lactones) is 1. The standard InChI is InChI=1S/C30H27N3O5/c31-26(30(14-15-30)24-11-5-8-19-6-1-3-9-22(19)24)25(34)23-10-4-2-7-21(23)18-33-28(36)27(35)32-16-12-20-13-17-38-29(20)37/h1-12,31H,13-18H2,(H,32,35)(H,33,36)/b20-12+,31-26?. The number of hydrogen-bond acceptors (Lipinski definition) is 6. The highest BCUT2D eigenvalue weighted by Gasteiger charge is 2.51. The fraction of sp³-hybridized carbons (Fsp3) is 0.233. The van der Waals surface area contributed by atoms with Gasteiger partial charge in [0.15, 0.2) is 0 Å². The lowest BCUT2D eigenvalue weighted by atomic mass is 9.83. The van der Waals surface area contributed by atoms with Crippen LogP contribution in [-0.2, 0) is 31.1 Å². The number of ketones is 1. The molecule has 1 heterocycles. The third kappa shape index (κ3) is 4.85. The SMILES string of the molecule is N=C(C(=O)c1ccccc1CNC(=O)C(=O)NC/C=C1\CCOC1=O)C1(c2cccc3ccccc23)CC1. The maximum atomic E-state index is 13.6. The molecule has 0 spiro atoms. The molecule has 3 aromatic rings. The summed E-state index contributed by atoms with van der Waals surface area (Å²) in [6, 6.07) is 20.7. The van der Waals surface area contributed by atoms with Crippen molar-refractivity contribution in [3.8, 4) is 0 Å². The zero-order valence-electron chi connectivity index (χ0n) is 20.7. The number of esters is 1. The van der Waals surface area contributed by atoms with Gasteiger partial charge < -0.3 is 20.8 Å². The Bertz CT molecular complexity index is 1500. The van der Waals surface area contributed by atoms with Crippen LogP contribution in [0.1, 0.15) is 40.7 Å². The van der Waals surface area contributed by atoms with Crippen molar-refractivity contribution in [1.82, 2.24) is 10.6 Å². The molecule has 3 N–H and O–H groups in total. The van der Waals surface area contributed by atoms with Crippen LogP contribution in [0.15, 0.2) is 78.4 Å². The summed E-state index contributed by atoms with van der Waals surface area (Å²) in [7, 11) is 0. The van der Waals surface area contributed by atoms with E-state index in [1.807, 2.05) is 42.5 Å². The van der Waals surface area contributed by atoms with Crippen LogP contribution < -0.4 is 10.6 Å². The fourth-order valence-corrected chi connectivity index (χ4v) is 4.91. The van der Waals surface area contributed by atoms with Gasteiger partial charge in [-0.3, -0.25) is 14.4 Å². The molecule has 0 unspecified atom stereocenters. The number of ether oxygens (including phenoxy) is 1. The molecule has 0 bridgehead atoms. The number of carbonyl (C=O) groups is 4. The molecule has 2 aliphatic rings. The van der Waals surface area contributed by atoms with Gasteiger partial charge >= 0.3 is 17.8 Å². The number of fused-ring (bicyclic) bond motifs is 1. The Morgan fingerprint density at radius 2 is 1.63 bits per heavy atom. The Labute approximate surface area is 219 Å². The zero-order chi connectivity index (χ0) is 26.7. The quantitative estimate of drug-likeness (QED) is 0.141. The average molecular weight is 510 g/mol. The summed E-state index contributed by atoms with van der Waals surface area (Å²) in [6.07, 6.45) is 3.45. The number of nitrogens with one attached hydrogen (secondary N) is 3. The first-order chi connectivity index (χ1) is 18.4. The summed E-state index contributed by atoms with van der Waals surface area (Å²) >= 11 is 0. The van der Waals surface area contributed by atoms with E-state index in [-0.39, 0.29) is 24.6 Å². The first kappa shape index (κ1) is 25.1. The molecule has 8 nitrogen and oxygen atoms in total. The number of benzene rings is 3. The van der Waals surface area contributed by atoms with E-state index < -0.39 is 23.2 Å². The molecular weight excluding hydrogens is 482 g/mol. The number of Topliss-reactive ketones (excluding diaryl/α,β-unsaturated/α-hetero) is 1. The molecule has 0 radical (unpaired) electrons. The first-order valence-corrected chi connectivity index (χ1v) is 12.5. The van der Waals surface area contributed by atoms with Crippen molar-refractivity contribution in [1.29, 1.82) is 5.41 Å². The lowest BCUT2D eigenvalue weighted by Crippen LogP contribution is -2.40. The summed E-state index contributed by atoms with van der Waals surface area (Å²) in [6.45, 7) is 0.299. The molecule has 0 aromatic heterocycles. The van der Waals surface area contributed by atoms with E-state index in [4.69, 9.17) is 10.1 Å². The molecule has 1 aliphatic carbocycles. The van der Waals surface area contributed by atoms with Gasteiger partial charge in [0, 0.05) is 36.1 Å². The molecule has 3 aromatic carbocycles. The first-order valence-electron chi connectivity index (χ1n) is 12.5. The molecule has 0 atom stereocenters. The smallest absolute Gasteiger partial charge is 0.333 e. The Hall–Kier alpha value is -4.59. The van der Waals surface area contributed by atoms with E-state index in [9.17, 15) is 19.2 Å². The topological polar surface area (TPSA) is 125 Å². The lowest BCUT2D eigenvalue weighted by Gasteiger charge is -2.20. The number of rotatable bonds is 8. The second kappa shape index (κ2) is 10.4. The van der Waals surface area contributed by atoms with Crippen molar-refractivity contribution < 1.29 is 23.9 Å². The van der Waals surface area contributed by atoms with E-state index >= 15 is 0 Å². The predicted molar refractivity (Wildman–Crippen MR) is 142 cm³/mol. The van der Waals surface area contributed by atoms with Gasteiger partial charge in [-0.25, -0.2) is 4.79 Å². The minimum atomic E-state index is -0.857. The Morgan fingerprint density at radius 1 is 0.921 bits per heavy atom. The van der Waals surface area contributed by atoms with Crippen molar-refractivity contribution in [2.45, 2.75) is 31.2 Å².